The van der Waals surface area contributed by atoms with Crippen molar-refractivity contribution >= 4 is 23.2 Å². The monoisotopic (exact) mass is 326 g/mol. The van der Waals surface area contributed by atoms with Crippen molar-refractivity contribution in [1.82, 2.24) is 14.8 Å². The number of rotatable bonds is 2. The summed E-state index contributed by atoms with van der Waals surface area (Å²) in [5.41, 5.74) is 6.22. The number of hydrogen-bond donors (Lipinski definition) is 2. The number of halogens is 2. The van der Waals surface area contributed by atoms with Gasteiger partial charge in [0, 0.05) is 0 Å². The largest absolute Gasteiger partial charge is 0.347 e. The normalized spacial score (nSPS) is 17.9. The zero-order chi connectivity index (χ0) is 15.0. The van der Waals surface area contributed by atoms with Crippen molar-refractivity contribution in [3.8, 4) is 5.69 Å². The van der Waals surface area contributed by atoms with Crippen molar-refractivity contribution in [1.29, 1.82) is 0 Å². The average Bonchev–Trinajstić information content (AvgIpc) is 2.85. The van der Waals surface area contributed by atoms with Crippen LogP contribution in [0, 0.1) is 0 Å². The van der Waals surface area contributed by atoms with Gasteiger partial charge in [-0.15, -0.1) is 0 Å². The highest BCUT2D eigenvalue weighted by molar-refractivity contribution is 6.42. The summed E-state index contributed by atoms with van der Waals surface area (Å²) in [6, 6.07) is 5.05. The molecule has 0 aliphatic heterocycles. The van der Waals surface area contributed by atoms with Gasteiger partial charge in [-0.2, -0.15) is 5.10 Å². The molecule has 3 N–H and O–H groups in total. The summed E-state index contributed by atoms with van der Waals surface area (Å²) in [5, 5.41) is 7.49. The van der Waals surface area contributed by atoms with Crippen LogP contribution in [0.4, 0.5) is 0 Å². The molecule has 7 heteroatoms. The fraction of sp³-hybridized carbons (Fsp3) is 0.429. The molecule has 0 spiro atoms. The van der Waals surface area contributed by atoms with Crippen LogP contribution in [0.1, 0.15) is 37.9 Å². The van der Waals surface area contributed by atoms with E-state index in [0.29, 0.717) is 21.6 Å². The minimum atomic E-state index is -0.580. The lowest BCUT2D eigenvalue weighted by Crippen LogP contribution is -2.42. The molecule has 1 aliphatic rings. The second kappa shape index (κ2) is 5.48. The third-order valence-electron chi connectivity index (χ3n) is 4.02. The molecule has 1 heterocycles. The van der Waals surface area contributed by atoms with E-state index >= 15 is 0 Å². The van der Waals surface area contributed by atoms with E-state index in [9.17, 15) is 4.79 Å². The first-order valence-electron chi connectivity index (χ1n) is 6.93. The van der Waals surface area contributed by atoms with Gasteiger partial charge < -0.3 is 5.73 Å². The minimum absolute atomic E-state index is 0.321. The zero-order valence-corrected chi connectivity index (χ0v) is 12.9. The molecule has 0 atom stereocenters. The van der Waals surface area contributed by atoms with E-state index in [1.54, 1.807) is 18.2 Å². The Morgan fingerprint density at radius 2 is 1.90 bits per heavy atom. The third-order valence-corrected chi connectivity index (χ3v) is 4.76. The molecule has 21 heavy (non-hydrogen) atoms. The van der Waals surface area contributed by atoms with Gasteiger partial charge in [0.1, 0.15) is 0 Å². The molecule has 1 aliphatic carbocycles. The number of nitrogens with zero attached hydrogens (tertiary/aromatic N) is 2. The topological polar surface area (TPSA) is 76.7 Å². The number of benzene rings is 1. The highest BCUT2D eigenvalue weighted by Gasteiger charge is 2.35. The SMILES string of the molecule is NC1(c2n[nH]c(=O)n2-c2ccc(Cl)c(Cl)c2)CCCCC1. The van der Waals surface area contributed by atoms with E-state index in [1.165, 1.54) is 11.0 Å². The van der Waals surface area contributed by atoms with Gasteiger partial charge in [-0.3, -0.25) is 0 Å². The van der Waals surface area contributed by atoms with E-state index in [-0.39, 0.29) is 5.69 Å². The molecule has 0 saturated heterocycles. The molecule has 0 unspecified atom stereocenters. The summed E-state index contributed by atoms with van der Waals surface area (Å²) in [6.45, 7) is 0. The maximum absolute atomic E-state index is 12.1. The van der Waals surface area contributed by atoms with Crippen LogP contribution in [0.2, 0.25) is 10.0 Å². The van der Waals surface area contributed by atoms with Crippen LogP contribution < -0.4 is 11.4 Å². The number of aromatic amines is 1. The standard InChI is InChI=1S/C14H16Cl2N4O/c15-10-5-4-9(8-11(10)16)20-12(18-19-13(20)21)14(17)6-2-1-3-7-14/h4-5,8H,1-3,6-7,17H2,(H,19,21). The van der Waals surface area contributed by atoms with Gasteiger partial charge in [-0.25, -0.2) is 14.5 Å². The number of nitrogens with one attached hydrogen (secondary N) is 1. The first-order valence-corrected chi connectivity index (χ1v) is 7.69. The predicted molar refractivity (Wildman–Crippen MR) is 83.2 cm³/mol. The van der Waals surface area contributed by atoms with Crippen LogP contribution in [0.3, 0.4) is 0 Å². The summed E-state index contributed by atoms with van der Waals surface area (Å²) >= 11 is 12.0. The Morgan fingerprint density at radius 1 is 1.19 bits per heavy atom. The van der Waals surface area contributed by atoms with E-state index < -0.39 is 5.54 Å². The highest BCUT2D eigenvalue weighted by atomic mass is 35.5. The van der Waals surface area contributed by atoms with Crippen molar-refractivity contribution in [2.45, 2.75) is 37.6 Å². The molecule has 2 aromatic rings. The lowest BCUT2D eigenvalue weighted by Gasteiger charge is -2.32. The number of H-pyrrole nitrogens is 1. The fourth-order valence-corrected chi connectivity index (χ4v) is 3.19. The second-order valence-corrected chi connectivity index (χ2v) is 6.32. The van der Waals surface area contributed by atoms with Crippen molar-refractivity contribution in [3.05, 3.63) is 44.6 Å². The summed E-state index contributed by atoms with van der Waals surface area (Å²) in [7, 11) is 0. The van der Waals surface area contributed by atoms with Gasteiger partial charge in [0.05, 0.1) is 21.3 Å². The van der Waals surface area contributed by atoms with Gasteiger partial charge in [0.2, 0.25) is 0 Å². The fourth-order valence-electron chi connectivity index (χ4n) is 2.90. The molecule has 1 saturated carbocycles. The lowest BCUT2D eigenvalue weighted by atomic mass is 9.82. The smallest absolute Gasteiger partial charge is 0.319 e. The van der Waals surface area contributed by atoms with E-state index in [2.05, 4.69) is 10.2 Å². The number of hydrogen-bond acceptors (Lipinski definition) is 3. The molecule has 3 rings (SSSR count). The van der Waals surface area contributed by atoms with E-state index in [4.69, 9.17) is 28.9 Å². The third kappa shape index (κ3) is 2.61. The minimum Gasteiger partial charge on any atom is -0.319 e. The number of nitrogens with two attached hydrogens (primary N) is 1. The van der Waals surface area contributed by atoms with Crippen molar-refractivity contribution in [2.75, 3.05) is 0 Å². The molecule has 1 aromatic carbocycles. The molecular formula is C14H16Cl2N4O. The maximum Gasteiger partial charge on any atom is 0.347 e. The average molecular weight is 327 g/mol. The quantitative estimate of drug-likeness (QED) is 0.890. The van der Waals surface area contributed by atoms with E-state index in [0.717, 1.165) is 25.7 Å². The molecule has 1 fully saturated rings. The van der Waals surface area contributed by atoms with Gasteiger partial charge in [0.25, 0.3) is 0 Å². The maximum atomic E-state index is 12.1. The van der Waals surface area contributed by atoms with Gasteiger partial charge in [-0.1, -0.05) is 42.5 Å². The summed E-state index contributed by atoms with van der Waals surface area (Å²) in [5.74, 6) is 0.561. The Labute approximate surface area is 132 Å². The van der Waals surface area contributed by atoms with Crippen LogP contribution in [0.5, 0.6) is 0 Å². The number of aromatic nitrogens is 3. The highest BCUT2D eigenvalue weighted by Crippen LogP contribution is 2.34. The summed E-state index contributed by atoms with van der Waals surface area (Å²) in [4.78, 5) is 12.1. The van der Waals surface area contributed by atoms with Gasteiger partial charge in [0.15, 0.2) is 5.82 Å². The predicted octanol–water partition coefficient (Wildman–Crippen LogP) is 2.99. The van der Waals surface area contributed by atoms with Crippen molar-refractivity contribution < 1.29 is 0 Å². The molecule has 0 amide bonds. The first-order chi connectivity index (χ1) is 10.0. The van der Waals surface area contributed by atoms with Crippen LogP contribution in [0.15, 0.2) is 23.0 Å². The Hall–Kier alpha value is -1.30. The first kappa shape index (κ1) is 14.6. The van der Waals surface area contributed by atoms with Gasteiger partial charge >= 0.3 is 5.69 Å². The Bertz CT molecular complexity index is 716. The van der Waals surface area contributed by atoms with E-state index in [1.807, 2.05) is 0 Å². The molecule has 1 aromatic heterocycles. The van der Waals surface area contributed by atoms with Crippen molar-refractivity contribution in [2.24, 2.45) is 5.73 Å². The van der Waals surface area contributed by atoms with Crippen LogP contribution in [-0.4, -0.2) is 14.8 Å². The summed E-state index contributed by atoms with van der Waals surface area (Å²) in [6.07, 6.45) is 4.88. The van der Waals surface area contributed by atoms with Crippen molar-refractivity contribution in [3.63, 3.8) is 0 Å². The molecule has 112 valence electrons. The Balaban J connectivity index is 2.12. The molecular weight excluding hydrogens is 311 g/mol. The second-order valence-electron chi connectivity index (χ2n) is 5.50. The van der Waals surface area contributed by atoms with Crippen LogP contribution in [0.25, 0.3) is 5.69 Å². The Kier molecular flexibility index (Phi) is 3.82. The Morgan fingerprint density at radius 3 is 2.57 bits per heavy atom. The van der Waals surface area contributed by atoms with Crippen LogP contribution in [-0.2, 0) is 5.54 Å². The summed E-state index contributed by atoms with van der Waals surface area (Å²) < 4.78 is 1.49. The molecule has 5 nitrogen and oxygen atoms in total. The molecule has 0 radical (unpaired) electrons. The van der Waals surface area contributed by atoms with Crippen LogP contribution >= 0.6 is 23.2 Å². The lowest BCUT2D eigenvalue weighted by molar-refractivity contribution is 0.283. The molecule has 0 bridgehead atoms. The van der Waals surface area contributed by atoms with Gasteiger partial charge in [-0.05, 0) is 31.0 Å². The zero-order valence-electron chi connectivity index (χ0n) is 11.4.